The molecular formula is C19H22N2O5S. The molecule has 2 rings (SSSR count). The fourth-order valence-electron chi connectivity index (χ4n) is 2.32. The van der Waals surface area contributed by atoms with Gasteiger partial charge in [-0.1, -0.05) is 36.4 Å². The third-order valence-corrected chi connectivity index (χ3v) is 5.67. The van der Waals surface area contributed by atoms with Gasteiger partial charge in [-0.3, -0.25) is 4.79 Å². The number of benzene rings is 2. The van der Waals surface area contributed by atoms with Crippen LogP contribution in [0.2, 0.25) is 0 Å². The van der Waals surface area contributed by atoms with Gasteiger partial charge >= 0.3 is 5.97 Å². The molecule has 0 aliphatic carbocycles. The summed E-state index contributed by atoms with van der Waals surface area (Å²) in [4.78, 5) is 24.1. The number of sulfonamides is 1. The predicted molar refractivity (Wildman–Crippen MR) is 101 cm³/mol. The van der Waals surface area contributed by atoms with E-state index in [9.17, 15) is 18.0 Å². The molecule has 0 aliphatic heterocycles. The molecular weight excluding hydrogens is 368 g/mol. The number of carbonyl (C=O) groups excluding carboxylic acids is 2. The van der Waals surface area contributed by atoms with Crippen LogP contribution in [0.1, 0.15) is 28.9 Å². The number of rotatable bonds is 7. The second kappa shape index (κ2) is 8.79. The van der Waals surface area contributed by atoms with Crippen molar-refractivity contribution in [3.05, 3.63) is 65.7 Å². The highest BCUT2D eigenvalue weighted by atomic mass is 32.2. The summed E-state index contributed by atoms with van der Waals surface area (Å²) in [7, 11) is -0.862. The molecule has 1 amide bonds. The number of hydrogen-bond donors (Lipinski definition) is 1. The van der Waals surface area contributed by atoms with Crippen LogP contribution in [0.5, 0.6) is 0 Å². The minimum absolute atomic E-state index is 0.0240. The van der Waals surface area contributed by atoms with Crippen molar-refractivity contribution in [2.75, 3.05) is 20.7 Å². The van der Waals surface area contributed by atoms with E-state index in [1.807, 2.05) is 37.3 Å². The highest BCUT2D eigenvalue weighted by Crippen LogP contribution is 2.15. The second-order valence-corrected chi connectivity index (χ2v) is 8.24. The van der Waals surface area contributed by atoms with E-state index in [0.717, 1.165) is 9.87 Å². The Hall–Kier alpha value is -2.71. The zero-order valence-electron chi connectivity index (χ0n) is 15.4. The van der Waals surface area contributed by atoms with Crippen LogP contribution < -0.4 is 5.32 Å². The molecule has 0 fully saturated rings. The van der Waals surface area contributed by atoms with E-state index in [1.165, 1.54) is 38.4 Å². The van der Waals surface area contributed by atoms with Crippen molar-refractivity contribution in [1.29, 1.82) is 0 Å². The maximum atomic E-state index is 12.1. The molecule has 0 bridgehead atoms. The predicted octanol–water partition coefficient (Wildman–Crippen LogP) is 1.97. The summed E-state index contributed by atoms with van der Waals surface area (Å²) >= 11 is 0. The highest BCUT2D eigenvalue weighted by molar-refractivity contribution is 7.89. The Morgan fingerprint density at radius 2 is 1.74 bits per heavy atom. The molecule has 2 aromatic rings. The summed E-state index contributed by atoms with van der Waals surface area (Å²) in [5.74, 6) is -1.22. The number of nitrogens with zero attached hydrogens (tertiary/aromatic N) is 1. The number of esters is 1. The Labute approximate surface area is 159 Å². The first kappa shape index (κ1) is 20.6. The smallest absolute Gasteiger partial charge is 0.338 e. The summed E-state index contributed by atoms with van der Waals surface area (Å²) in [6.07, 6.45) is 0. The van der Waals surface area contributed by atoms with Gasteiger partial charge < -0.3 is 10.1 Å². The number of amides is 1. The molecule has 144 valence electrons. The van der Waals surface area contributed by atoms with Crippen molar-refractivity contribution in [3.63, 3.8) is 0 Å². The molecule has 0 aliphatic rings. The largest absolute Gasteiger partial charge is 0.452 e. The van der Waals surface area contributed by atoms with Gasteiger partial charge in [-0.15, -0.1) is 0 Å². The lowest BCUT2D eigenvalue weighted by Gasteiger charge is -2.14. The molecule has 1 atom stereocenters. The molecule has 0 aromatic heterocycles. The van der Waals surface area contributed by atoms with Crippen LogP contribution in [0.15, 0.2) is 59.5 Å². The quantitative estimate of drug-likeness (QED) is 0.730. The topological polar surface area (TPSA) is 92.8 Å². The monoisotopic (exact) mass is 390 g/mol. The van der Waals surface area contributed by atoms with Gasteiger partial charge in [0.2, 0.25) is 10.0 Å². The molecule has 0 unspecified atom stereocenters. The fraction of sp³-hybridized carbons (Fsp3) is 0.263. The SMILES string of the molecule is C[C@H](NC(=O)COC(=O)c1cccc(S(=O)(=O)N(C)C)c1)c1ccccc1. The fourth-order valence-corrected chi connectivity index (χ4v) is 3.27. The van der Waals surface area contributed by atoms with Crippen molar-refractivity contribution < 1.29 is 22.7 Å². The molecule has 0 spiro atoms. The van der Waals surface area contributed by atoms with Gasteiger partial charge in [-0.05, 0) is 30.7 Å². The third-order valence-electron chi connectivity index (χ3n) is 3.86. The van der Waals surface area contributed by atoms with E-state index < -0.39 is 28.5 Å². The van der Waals surface area contributed by atoms with E-state index in [-0.39, 0.29) is 16.5 Å². The lowest BCUT2D eigenvalue weighted by atomic mass is 10.1. The first-order chi connectivity index (χ1) is 12.7. The zero-order valence-corrected chi connectivity index (χ0v) is 16.2. The van der Waals surface area contributed by atoms with Crippen LogP contribution in [-0.2, 0) is 19.6 Å². The van der Waals surface area contributed by atoms with Gasteiger partial charge in [0.25, 0.3) is 5.91 Å². The molecule has 0 saturated carbocycles. The van der Waals surface area contributed by atoms with E-state index in [4.69, 9.17) is 4.74 Å². The summed E-state index contributed by atoms with van der Waals surface area (Å²) in [5.41, 5.74) is 0.987. The summed E-state index contributed by atoms with van der Waals surface area (Å²) < 4.78 is 30.3. The Bertz CT molecular complexity index is 911. The van der Waals surface area contributed by atoms with E-state index in [0.29, 0.717) is 0 Å². The lowest BCUT2D eigenvalue weighted by Crippen LogP contribution is -2.31. The number of hydrogen-bond acceptors (Lipinski definition) is 5. The van der Waals surface area contributed by atoms with Crippen LogP contribution in [0.4, 0.5) is 0 Å². The van der Waals surface area contributed by atoms with Gasteiger partial charge in [-0.2, -0.15) is 0 Å². The summed E-state index contributed by atoms with van der Waals surface area (Å²) in [6, 6.07) is 14.6. The normalized spacial score (nSPS) is 12.4. The van der Waals surface area contributed by atoms with Gasteiger partial charge in [0.1, 0.15) is 0 Å². The first-order valence-corrected chi connectivity index (χ1v) is 9.70. The van der Waals surface area contributed by atoms with Gasteiger partial charge in [-0.25, -0.2) is 17.5 Å². The van der Waals surface area contributed by atoms with Crippen molar-refractivity contribution in [3.8, 4) is 0 Å². The van der Waals surface area contributed by atoms with Gasteiger partial charge in [0.15, 0.2) is 6.61 Å². The Balaban J connectivity index is 1.97. The molecule has 0 saturated heterocycles. The molecule has 0 heterocycles. The molecule has 8 heteroatoms. The minimum atomic E-state index is -3.66. The Kier molecular flexibility index (Phi) is 6.70. The van der Waals surface area contributed by atoms with Crippen LogP contribution in [0.3, 0.4) is 0 Å². The molecule has 7 nitrogen and oxygen atoms in total. The van der Waals surface area contributed by atoms with Crippen molar-refractivity contribution in [2.45, 2.75) is 17.9 Å². The molecule has 1 N–H and O–H groups in total. The van der Waals surface area contributed by atoms with Crippen LogP contribution in [0, 0.1) is 0 Å². The van der Waals surface area contributed by atoms with Gasteiger partial charge in [0.05, 0.1) is 16.5 Å². The Morgan fingerprint density at radius 3 is 2.37 bits per heavy atom. The standard InChI is InChI=1S/C19H22N2O5S/c1-14(15-8-5-4-6-9-15)20-18(22)13-26-19(23)16-10-7-11-17(12-16)27(24,25)21(2)3/h4-12,14H,13H2,1-3H3,(H,20,22)/t14-/m0/s1. The highest BCUT2D eigenvalue weighted by Gasteiger charge is 2.19. The maximum Gasteiger partial charge on any atom is 0.338 e. The van der Waals surface area contributed by atoms with Crippen molar-refractivity contribution in [1.82, 2.24) is 9.62 Å². The number of carbonyl (C=O) groups is 2. The zero-order chi connectivity index (χ0) is 20.0. The molecule has 2 aromatic carbocycles. The minimum Gasteiger partial charge on any atom is -0.452 e. The molecule has 27 heavy (non-hydrogen) atoms. The van der Waals surface area contributed by atoms with E-state index in [1.54, 1.807) is 0 Å². The van der Waals surface area contributed by atoms with Crippen molar-refractivity contribution >= 4 is 21.9 Å². The first-order valence-electron chi connectivity index (χ1n) is 8.26. The van der Waals surface area contributed by atoms with Crippen LogP contribution in [0.25, 0.3) is 0 Å². The summed E-state index contributed by atoms with van der Waals surface area (Å²) in [6.45, 7) is 1.37. The number of nitrogens with one attached hydrogen (secondary N) is 1. The maximum absolute atomic E-state index is 12.1. The van der Waals surface area contributed by atoms with E-state index >= 15 is 0 Å². The summed E-state index contributed by atoms with van der Waals surface area (Å²) in [5, 5.41) is 2.73. The third kappa shape index (κ3) is 5.38. The molecule has 0 radical (unpaired) electrons. The van der Waals surface area contributed by atoms with Crippen molar-refractivity contribution in [2.24, 2.45) is 0 Å². The average Bonchev–Trinajstić information content (AvgIpc) is 2.66. The number of ether oxygens (including phenoxy) is 1. The van der Waals surface area contributed by atoms with E-state index in [2.05, 4.69) is 5.32 Å². The lowest BCUT2D eigenvalue weighted by molar-refractivity contribution is -0.124. The van der Waals surface area contributed by atoms with Crippen LogP contribution in [-0.4, -0.2) is 45.3 Å². The average molecular weight is 390 g/mol. The van der Waals surface area contributed by atoms with Gasteiger partial charge in [0, 0.05) is 14.1 Å². The van der Waals surface area contributed by atoms with Crippen LogP contribution >= 0.6 is 0 Å². The Morgan fingerprint density at radius 1 is 1.07 bits per heavy atom. The second-order valence-electron chi connectivity index (χ2n) is 6.09.